The summed E-state index contributed by atoms with van der Waals surface area (Å²) in [5, 5.41) is 10.8. The van der Waals surface area contributed by atoms with Gasteiger partial charge in [-0.1, -0.05) is 29.8 Å². The number of carbonyl (C=O) groups is 2. The topological polar surface area (TPSA) is 60.9 Å². The van der Waals surface area contributed by atoms with Crippen molar-refractivity contribution in [2.75, 3.05) is 31.1 Å². The zero-order chi connectivity index (χ0) is 23.4. The molecule has 0 aromatic heterocycles. The average Bonchev–Trinajstić information content (AvgIpc) is 2.84. The van der Waals surface area contributed by atoms with Gasteiger partial charge in [-0.05, 0) is 68.2 Å². The molecule has 0 spiro atoms. The molecule has 2 heterocycles. The molecule has 2 aromatic carbocycles. The van der Waals surface area contributed by atoms with Crippen molar-refractivity contribution in [1.29, 1.82) is 0 Å². The Morgan fingerprint density at radius 2 is 1.70 bits per heavy atom. The number of aliphatic hydroxyl groups excluding tert-OH is 1. The van der Waals surface area contributed by atoms with Crippen LogP contribution >= 0.6 is 11.6 Å². The molecule has 2 aliphatic rings. The zero-order valence-electron chi connectivity index (χ0n) is 18.6. The molecule has 2 aliphatic heterocycles. The van der Waals surface area contributed by atoms with Crippen molar-refractivity contribution in [3.05, 3.63) is 64.4 Å². The first-order valence-electron chi connectivity index (χ1n) is 11.7. The van der Waals surface area contributed by atoms with Gasteiger partial charge in [0.15, 0.2) is 12.4 Å². The van der Waals surface area contributed by atoms with Crippen LogP contribution in [-0.2, 0) is 4.79 Å². The second-order valence-electron chi connectivity index (χ2n) is 9.18. The standard InChI is InChI=1S/C26H30ClFN2O3/c27-23-16-21(6-5-20(23)17-31)29-11-7-18(8-12-29)15-19-9-13-30(14-10-19)26(33)25(32)22-3-1-2-4-24(22)28/h1-6,16-19,25,32H,7-15H2. The molecule has 0 aliphatic carbocycles. The number of anilines is 1. The highest BCUT2D eigenvalue weighted by Crippen LogP contribution is 2.33. The van der Waals surface area contributed by atoms with Gasteiger partial charge in [-0.3, -0.25) is 9.59 Å². The molecule has 7 heteroatoms. The molecule has 2 fully saturated rings. The first kappa shape index (κ1) is 23.7. The first-order chi connectivity index (χ1) is 16.0. The Morgan fingerprint density at radius 1 is 1.06 bits per heavy atom. The lowest BCUT2D eigenvalue weighted by Crippen LogP contribution is -2.42. The molecule has 5 nitrogen and oxygen atoms in total. The van der Waals surface area contributed by atoms with Crippen LogP contribution in [-0.4, -0.2) is 48.4 Å². The molecular weight excluding hydrogens is 443 g/mol. The van der Waals surface area contributed by atoms with Gasteiger partial charge >= 0.3 is 0 Å². The van der Waals surface area contributed by atoms with E-state index < -0.39 is 17.8 Å². The lowest BCUT2D eigenvalue weighted by atomic mass is 9.82. The van der Waals surface area contributed by atoms with Crippen molar-refractivity contribution in [1.82, 2.24) is 4.90 Å². The highest BCUT2D eigenvalue weighted by atomic mass is 35.5. The van der Waals surface area contributed by atoms with Crippen molar-refractivity contribution in [2.24, 2.45) is 11.8 Å². The van der Waals surface area contributed by atoms with E-state index in [0.717, 1.165) is 57.2 Å². The maximum absolute atomic E-state index is 13.9. The number of benzene rings is 2. The number of piperidine rings is 2. The van der Waals surface area contributed by atoms with Crippen molar-refractivity contribution in [2.45, 2.75) is 38.2 Å². The number of likely N-dealkylation sites (tertiary alicyclic amines) is 1. The minimum absolute atomic E-state index is 0.0402. The van der Waals surface area contributed by atoms with Gasteiger partial charge in [0, 0.05) is 43.0 Å². The van der Waals surface area contributed by atoms with Crippen LogP contribution in [0.1, 0.15) is 54.1 Å². The molecule has 1 atom stereocenters. The number of hydrogen-bond donors (Lipinski definition) is 1. The summed E-state index contributed by atoms with van der Waals surface area (Å²) in [6, 6.07) is 11.5. The van der Waals surface area contributed by atoms with E-state index in [1.807, 2.05) is 12.1 Å². The Bertz CT molecular complexity index is 985. The third kappa shape index (κ3) is 5.56. The van der Waals surface area contributed by atoms with Gasteiger partial charge in [-0.25, -0.2) is 4.39 Å². The number of hydrogen-bond acceptors (Lipinski definition) is 4. The molecule has 1 unspecified atom stereocenters. The number of aliphatic hydroxyl groups is 1. The van der Waals surface area contributed by atoms with Gasteiger partial charge in [-0.15, -0.1) is 0 Å². The predicted molar refractivity (Wildman–Crippen MR) is 127 cm³/mol. The van der Waals surface area contributed by atoms with E-state index in [1.165, 1.54) is 12.1 Å². The lowest BCUT2D eigenvalue weighted by molar-refractivity contribution is -0.142. The molecule has 1 amide bonds. The zero-order valence-corrected chi connectivity index (χ0v) is 19.4. The number of carbonyl (C=O) groups excluding carboxylic acids is 2. The summed E-state index contributed by atoms with van der Waals surface area (Å²) in [4.78, 5) is 27.6. The Labute approximate surface area is 199 Å². The van der Waals surface area contributed by atoms with Gasteiger partial charge in [0.25, 0.3) is 5.91 Å². The summed E-state index contributed by atoms with van der Waals surface area (Å²) >= 11 is 6.18. The van der Waals surface area contributed by atoms with E-state index in [-0.39, 0.29) is 5.56 Å². The van der Waals surface area contributed by atoms with Crippen molar-refractivity contribution in [3.63, 3.8) is 0 Å². The fourth-order valence-electron chi connectivity index (χ4n) is 5.10. The molecule has 0 bridgehead atoms. The van der Waals surface area contributed by atoms with Crippen LogP contribution in [0.4, 0.5) is 10.1 Å². The Hall–Kier alpha value is -2.44. The summed E-state index contributed by atoms with van der Waals surface area (Å²) in [5.74, 6) is 0.257. The van der Waals surface area contributed by atoms with E-state index in [2.05, 4.69) is 4.90 Å². The summed E-state index contributed by atoms with van der Waals surface area (Å²) in [6.07, 6.45) is 4.53. The van der Waals surface area contributed by atoms with Gasteiger partial charge in [-0.2, -0.15) is 0 Å². The summed E-state index contributed by atoms with van der Waals surface area (Å²) in [5.41, 5.74) is 1.62. The molecule has 2 saturated heterocycles. The van der Waals surface area contributed by atoms with E-state index in [4.69, 9.17) is 11.6 Å². The largest absolute Gasteiger partial charge is 0.378 e. The fourth-order valence-corrected chi connectivity index (χ4v) is 5.32. The Morgan fingerprint density at radius 3 is 2.30 bits per heavy atom. The molecule has 0 radical (unpaired) electrons. The maximum atomic E-state index is 13.9. The molecule has 4 rings (SSSR count). The van der Waals surface area contributed by atoms with Gasteiger partial charge in [0.05, 0.1) is 5.02 Å². The highest BCUT2D eigenvalue weighted by Gasteiger charge is 2.31. The number of aldehydes is 1. The monoisotopic (exact) mass is 472 g/mol. The third-order valence-corrected chi connectivity index (χ3v) is 7.44. The maximum Gasteiger partial charge on any atom is 0.256 e. The van der Waals surface area contributed by atoms with Crippen LogP contribution in [0.15, 0.2) is 42.5 Å². The van der Waals surface area contributed by atoms with E-state index in [9.17, 15) is 19.1 Å². The molecule has 2 aromatic rings. The van der Waals surface area contributed by atoms with Crippen LogP contribution in [0.25, 0.3) is 0 Å². The number of halogens is 2. The van der Waals surface area contributed by atoms with Crippen molar-refractivity contribution in [3.8, 4) is 0 Å². The number of nitrogens with zero attached hydrogens (tertiary/aromatic N) is 2. The average molecular weight is 473 g/mol. The van der Waals surface area contributed by atoms with E-state index in [1.54, 1.807) is 23.1 Å². The minimum Gasteiger partial charge on any atom is -0.378 e. The predicted octanol–water partition coefficient (Wildman–Crippen LogP) is 4.87. The molecule has 0 saturated carbocycles. The van der Waals surface area contributed by atoms with Crippen LogP contribution < -0.4 is 4.90 Å². The van der Waals surface area contributed by atoms with Gasteiger partial charge in [0.2, 0.25) is 0 Å². The van der Waals surface area contributed by atoms with Crippen LogP contribution in [0.3, 0.4) is 0 Å². The number of amides is 1. The van der Waals surface area contributed by atoms with Crippen molar-refractivity contribution >= 4 is 29.5 Å². The van der Waals surface area contributed by atoms with Crippen LogP contribution in [0.2, 0.25) is 5.02 Å². The molecule has 176 valence electrons. The summed E-state index contributed by atoms with van der Waals surface area (Å²) in [7, 11) is 0. The second kappa shape index (κ2) is 10.7. The SMILES string of the molecule is O=Cc1ccc(N2CCC(CC3CCN(C(=O)C(O)c4ccccc4F)CC3)CC2)cc1Cl. The lowest BCUT2D eigenvalue weighted by Gasteiger charge is -2.38. The van der Waals surface area contributed by atoms with Crippen LogP contribution in [0, 0.1) is 17.7 Å². The first-order valence-corrected chi connectivity index (χ1v) is 12.0. The summed E-state index contributed by atoms with van der Waals surface area (Å²) < 4.78 is 13.9. The van der Waals surface area contributed by atoms with Crippen LogP contribution in [0.5, 0.6) is 0 Å². The minimum atomic E-state index is -1.44. The van der Waals surface area contributed by atoms with E-state index >= 15 is 0 Å². The fraction of sp³-hybridized carbons (Fsp3) is 0.462. The normalized spacial score (nSPS) is 18.9. The second-order valence-corrected chi connectivity index (χ2v) is 9.59. The quantitative estimate of drug-likeness (QED) is 0.609. The van der Waals surface area contributed by atoms with Crippen molar-refractivity contribution < 1.29 is 19.1 Å². The van der Waals surface area contributed by atoms with Gasteiger partial charge in [0.1, 0.15) is 5.82 Å². The molecular formula is C26H30ClFN2O3. The highest BCUT2D eigenvalue weighted by molar-refractivity contribution is 6.33. The Kier molecular flexibility index (Phi) is 7.66. The number of rotatable bonds is 6. The molecule has 1 N–H and O–H groups in total. The van der Waals surface area contributed by atoms with Gasteiger partial charge < -0.3 is 14.9 Å². The molecule has 33 heavy (non-hydrogen) atoms. The third-order valence-electron chi connectivity index (χ3n) is 7.12. The smallest absolute Gasteiger partial charge is 0.256 e. The summed E-state index contributed by atoms with van der Waals surface area (Å²) in [6.45, 7) is 3.14. The van der Waals surface area contributed by atoms with E-state index in [0.29, 0.717) is 35.5 Å². The Balaban J connectivity index is 1.23.